The van der Waals surface area contributed by atoms with Gasteiger partial charge in [0.1, 0.15) is 11.4 Å². The van der Waals surface area contributed by atoms with Gasteiger partial charge >= 0.3 is 7.15 Å². The van der Waals surface area contributed by atoms with Crippen LogP contribution >= 0.6 is 18.5 Å². The lowest BCUT2D eigenvalue weighted by atomic mass is 11.0. The van der Waals surface area contributed by atoms with Crippen LogP contribution in [0.15, 0.2) is 0 Å². The number of nitrogens with two attached hydrogens (primary N) is 1. The standard InChI is InChI=1S/C2H7NOPS/c1-2-6-5(3)4/h2H2,1H3,(H2,3,4)/q+1. The molecule has 4 heteroatoms. The first-order chi connectivity index (χ1) is 2.77. The fourth-order valence-electron chi connectivity index (χ4n) is 0.127. The predicted octanol–water partition coefficient (Wildman–Crippen LogP) is 1.36. The first-order valence-corrected chi connectivity index (χ1v) is 4.54. The topological polar surface area (TPSA) is 43.1 Å². The maximum atomic E-state index is 9.93. The van der Waals surface area contributed by atoms with Gasteiger partial charge in [-0.05, 0) is 4.57 Å². The van der Waals surface area contributed by atoms with E-state index in [1.807, 2.05) is 6.92 Å². The van der Waals surface area contributed by atoms with Crippen LogP contribution in [0, 0.1) is 0 Å². The molecule has 2 nitrogen and oxygen atoms in total. The Morgan fingerprint density at radius 3 is 2.50 bits per heavy atom. The van der Waals surface area contributed by atoms with Crippen LogP contribution in [-0.4, -0.2) is 5.75 Å². The summed E-state index contributed by atoms with van der Waals surface area (Å²) in [5.41, 5.74) is 4.88. The third-order valence-electron chi connectivity index (χ3n) is 0.256. The zero-order chi connectivity index (χ0) is 4.99. The quantitative estimate of drug-likeness (QED) is 0.565. The van der Waals surface area contributed by atoms with Gasteiger partial charge < -0.3 is 0 Å². The summed E-state index contributed by atoms with van der Waals surface area (Å²) in [5.74, 6) is 0.839. The minimum atomic E-state index is -1.43. The lowest BCUT2D eigenvalue weighted by Gasteiger charge is -1.64. The van der Waals surface area contributed by atoms with Gasteiger partial charge in [0.05, 0.1) is 0 Å². The molecule has 6 heavy (non-hydrogen) atoms. The Morgan fingerprint density at radius 1 is 2.00 bits per heavy atom. The van der Waals surface area contributed by atoms with E-state index in [9.17, 15) is 4.57 Å². The summed E-state index contributed by atoms with van der Waals surface area (Å²) in [7, 11) is -1.43. The number of rotatable bonds is 2. The van der Waals surface area contributed by atoms with E-state index >= 15 is 0 Å². The highest BCUT2D eigenvalue weighted by Crippen LogP contribution is 2.27. The lowest BCUT2D eigenvalue weighted by molar-refractivity contribution is 0.597. The smallest absolute Gasteiger partial charge is 0.111 e. The van der Waals surface area contributed by atoms with E-state index in [1.54, 1.807) is 0 Å². The second kappa shape index (κ2) is 3.59. The van der Waals surface area contributed by atoms with E-state index in [0.717, 1.165) is 5.75 Å². The molecule has 2 N–H and O–H groups in total. The highest BCUT2D eigenvalue weighted by atomic mass is 32.7. The van der Waals surface area contributed by atoms with Crippen LogP contribution in [0.4, 0.5) is 0 Å². The minimum absolute atomic E-state index is 0.839. The molecule has 0 aliphatic heterocycles. The molecule has 0 amide bonds. The van der Waals surface area contributed by atoms with Crippen molar-refractivity contribution in [3.63, 3.8) is 0 Å². The van der Waals surface area contributed by atoms with Crippen LogP contribution < -0.4 is 5.50 Å². The molecule has 0 fully saturated rings. The number of hydrogen-bond donors (Lipinski definition) is 1. The first-order valence-electron chi connectivity index (χ1n) is 1.62. The molecular weight excluding hydrogens is 117 g/mol. The maximum absolute atomic E-state index is 9.93. The molecule has 36 valence electrons. The van der Waals surface area contributed by atoms with E-state index in [4.69, 9.17) is 5.50 Å². The predicted molar refractivity (Wildman–Crippen MR) is 29.9 cm³/mol. The fourth-order valence-corrected chi connectivity index (χ4v) is 1.15. The van der Waals surface area contributed by atoms with E-state index in [-0.39, 0.29) is 0 Å². The molecule has 0 saturated carbocycles. The fraction of sp³-hybridized carbons (Fsp3) is 1.00. The lowest BCUT2D eigenvalue weighted by Crippen LogP contribution is -1.70. The molecule has 0 heterocycles. The van der Waals surface area contributed by atoms with Crippen LogP contribution in [0.5, 0.6) is 0 Å². The van der Waals surface area contributed by atoms with Crippen molar-refractivity contribution < 1.29 is 4.57 Å². The van der Waals surface area contributed by atoms with Gasteiger partial charge in [-0.25, -0.2) is 0 Å². The summed E-state index contributed by atoms with van der Waals surface area (Å²) in [4.78, 5) is 0. The second-order valence-electron chi connectivity index (χ2n) is 0.703. The Labute approximate surface area is 42.1 Å². The van der Waals surface area contributed by atoms with Crippen LogP contribution in [0.25, 0.3) is 0 Å². The van der Waals surface area contributed by atoms with Crippen molar-refractivity contribution in [2.75, 3.05) is 5.75 Å². The van der Waals surface area contributed by atoms with Gasteiger partial charge in [0.15, 0.2) is 0 Å². The highest BCUT2D eigenvalue weighted by molar-refractivity contribution is 8.51. The van der Waals surface area contributed by atoms with Crippen molar-refractivity contribution in [3.8, 4) is 0 Å². The van der Waals surface area contributed by atoms with Gasteiger partial charge in [0.25, 0.3) is 0 Å². The molecule has 0 aliphatic rings. The highest BCUT2D eigenvalue weighted by Gasteiger charge is 2.03. The summed E-state index contributed by atoms with van der Waals surface area (Å²) in [5, 5.41) is 0. The summed E-state index contributed by atoms with van der Waals surface area (Å²) in [6.45, 7) is 1.92. The maximum Gasteiger partial charge on any atom is 0.504 e. The minimum Gasteiger partial charge on any atom is -0.111 e. The van der Waals surface area contributed by atoms with E-state index in [2.05, 4.69) is 0 Å². The second-order valence-corrected chi connectivity index (χ2v) is 3.96. The van der Waals surface area contributed by atoms with Crippen molar-refractivity contribution in [1.82, 2.24) is 0 Å². The van der Waals surface area contributed by atoms with Gasteiger partial charge in [-0.2, -0.15) is 0 Å². The Morgan fingerprint density at radius 2 is 2.50 bits per heavy atom. The molecule has 0 aromatic carbocycles. The Hall–Kier alpha value is 0.410. The van der Waals surface area contributed by atoms with Crippen molar-refractivity contribution in [2.24, 2.45) is 5.50 Å². The largest absolute Gasteiger partial charge is 0.504 e. The van der Waals surface area contributed by atoms with Gasteiger partial charge in [0, 0.05) is 5.75 Å². The zero-order valence-corrected chi connectivity index (χ0v) is 5.26. The van der Waals surface area contributed by atoms with Crippen LogP contribution in [0.2, 0.25) is 0 Å². The molecular formula is C2H7NOPS+. The number of hydrogen-bond acceptors (Lipinski definition) is 2. The summed E-state index contributed by atoms with van der Waals surface area (Å²) < 4.78 is 9.93. The van der Waals surface area contributed by atoms with Crippen LogP contribution in [0.3, 0.4) is 0 Å². The molecule has 0 aromatic heterocycles. The van der Waals surface area contributed by atoms with Crippen LogP contribution in [-0.2, 0) is 4.57 Å². The summed E-state index contributed by atoms with van der Waals surface area (Å²) in [6, 6.07) is 0. The zero-order valence-electron chi connectivity index (χ0n) is 3.55. The molecule has 0 aromatic rings. The average molecular weight is 124 g/mol. The third kappa shape index (κ3) is 4.41. The molecule has 0 saturated heterocycles. The molecule has 0 spiro atoms. The van der Waals surface area contributed by atoms with Gasteiger partial charge in [-0.15, -0.1) is 5.50 Å². The van der Waals surface area contributed by atoms with E-state index in [0.29, 0.717) is 0 Å². The molecule has 1 unspecified atom stereocenters. The van der Waals surface area contributed by atoms with Gasteiger partial charge in [-0.1, -0.05) is 6.92 Å². The Bertz CT molecular complexity index is 57.5. The van der Waals surface area contributed by atoms with Crippen molar-refractivity contribution in [2.45, 2.75) is 6.92 Å². The monoisotopic (exact) mass is 124 g/mol. The normalized spacial score (nSPS) is 11.3. The Kier molecular flexibility index (Phi) is 3.84. The first kappa shape index (κ1) is 6.41. The van der Waals surface area contributed by atoms with E-state index < -0.39 is 7.15 Å². The third-order valence-corrected chi connectivity index (χ3v) is 2.31. The molecule has 0 aliphatic carbocycles. The molecule has 0 radical (unpaired) electrons. The van der Waals surface area contributed by atoms with Gasteiger partial charge in [0.2, 0.25) is 0 Å². The van der Waals surface area contributed by atoms with Crippen molar-refractivity contribution >= 4 is 18.5 Å². The Balaban J connectivity index is 2.83. The molecule has 0 bridgehead atoms. The SMILES string of the molecule is CCS[P+](N)=O. The summed E-state index contributed by atoms with van der Waals surface area (Å²) >= 11 is 1.27. The molecule has 0 rings (SSSR count). The average Bonchev–Trinajstić information content (AvgIpc) is 1.35. The van der Waals surface area contributed by atoms with E-state index in [1.165, 1.54) is 11.4 Å². The van der Waals surface area contributed by atoms with Crippen molar-refractivity contribution in [3.05, 3.63) is 0 Å². The van der Waals surface area contributed by atoms with Crippen molar-refractivity contribution in [1.29, 1.82) is 0 Å². The molecule has 1 atom stereocenters. The van der Waals surface area contributed by atoms with Gasteiger partial charge in [-0.3, -0.25) is 0 Å². The van der Waals surface area contributed by atoms with Crippen LogP contribution in [0.1, 0.15) is 6.92 Å². The summed E-state index contributed by atoms with van der Waals surface area (Å²) in [6.07, 6.45) is 0.